The molecule has 0 radical (unpaired) electrons. The zero-order chi connectivity index (χ0) is 18.7. The SMILES string of the molecule is Cc1ccc(C(=O)N2CCN(S(=O)(=O)N3CCCCCC3)CC2)c(C)c1. The molecule has 2 heterocycles. The summed E-state index contributed by atoms with van der Waals surface area (Å²) < 4.78 is 28.9. The maximum atomic E-state index is 12.9. The van der Waals surface area contributed by atoms with Gasteiger partial charge in [0, 0.05) is 44.8 Å². The van der Waals surface area contributed by atoms with Gasteiger partial charge in [-0.3, -0.25) is 4.79 Å². The van der Waals surface area contributed by atoms with Crippen molar-refractivity contribution in [2.75, 3.05) is 39.3 Å². The van der Waals surface area contributed by atoms with Gasteiger partial charge < -0.3 is 4.90 Å². The van der Waals surface area contributed by atoms with Crippen LogP contribution >= 0.6 is 0 Å². The van der Waals surface area contributed by atoms with Gasteiger partial charge in [0.25, 0.3) is 16.1 Å². The maximum Gasteiger partial charge on any atom is 0.282 e. The monoisotopic (exact) mass is 379 g/mol. The molecule has 2 saturated heterocycles. The van der Waals surface area contributed by atoms with Crippen molar-refractivity contribution in [2.24, 2.45) is 0 Å². The third-order valence-electron chi connectivity index (χ3n) is 5.36. The second-order valence-electron chi connectivity index (χ2n) is 7.33. The third-order valence-corrected chi connectivity index (χ3v) is 7.39. The van der Waals surface area contributed by atoms with Gasteiger partial charge in [-0.05, 0) is 38.3 Å². The van der Waals surface area contributed by atoms with E-state index in [2.05, 4.69) is 0 Å². The zero-order valence-electron chi connectivity index (χ0n) is 15.8. The van der Waals surface area contributed by atoms with E-state index < -0.39 is 10.2 Å². The summed E-state index contributed by atoms with van der Waals surface area (Å²) in [6.07, 6.45) is 4.07. The van der Waals surface area contributed by atoms with E-state index in [0.717, 1.165) is 36.8 Å². The number of nitrogens with zero attached hydrogens (tertiary/aromatic N) is 3. The molecule has 2 aliphatic rings. The smallest absolute Gasteiger partial charge is 0.282 e. The number of aryl methyl sites for hydroxylation is 2. The van der Waals surface area contributed by atoms with E-state index >= 15 is 0 Å². The molecular weight excluding hydrogens is 350 g/mol. The van der Waals surface area contributed by atoms with E-state index in [1.165, 1.54) is 0 Å². The van der Waals surface area contributed by atoms with E-state index in [9.17, 15) is 13.2 Å². The molecule has 0 aromatic heterocycles. The highest BCUT2D eigenvalue weighted by Gasteiger charge is 2.33. The number of carbonyl (C=O) groups excluding carboxylic acids is 1. The Kier molecular flexibility index (Phi) is 5.99. The second-order valence-corrected chi connectivity index (χ2v) is 9.26. The molecule has 7 heteroatoms. The van der Waals surface area contributed by atoms with E-state index in [1.54, 1.807) is 13.5 Å². The Morgan fingerprint density at radius 2 is 1.42 bits per heavy atom. The van der Waals surface area contributed by atoms with Crippen molar-refractivity contribution in [1.82, 2.24) is 13.5 Å². The second kappa shape index (κ2) is 8.06. The van der Waals surface area contributed by atoms with Crippen molar-refractivity contribution in [2.45, 2.75) is 39.5 Å². The van der Waals surface area contributed by atoms with Gasteiger partial charge >= 0.3 is 0 Å². The third kappa shape index (κ3) is 4.10. The first-order valence-electron chi connectivity index (χ1n) is 9.51. The van der Waals surface area contributed by atoms with Crippen LogP contribution in [0.3, 0.4) is 0 Å². The molecule has 1 aromatic rings. The van der Waals surface area contributed by atoms with E-state index in [-0.39, 0.29) is 5.91 Å². The Labute approximate surface area is 157 Å². The molecule has 1 aromatic carbocycles. The summed E-state index contributed by atoms with van der Waals surface area (Å²) in [5, 5.41) is 0. The van der Waals surface area contributed by atoms with Crippen molar-refractivity contribution in [3.05, 3.63) is 34.9 Å². The highest BCUT2D eigenvalue weighted by Crippen LogP contribution is 2.19. The van der Waals surface area contributed by atoms with Crippen LogP contribution in [0.2, 0.25) is 0 Å². The average Bonchev–Trinajstić information content (AvgIpc) is 2.91. The molecule has 3 rings (SSSR count). The normalized spacial score (nSPS) is 20.8. The lowest BCUT2D eigenvalue weighted by molar-refractivity contribution is 0.0693. The quantitative estimate of drug-likeness (QED) is 0.809. The van der Waals surface area contributed by atoms with Crippen LogP contribution in [0.15, 0.2) is 18.2 Å². The van der Waals surface area contributed by atoms with Gasteiger partial charge in [0.2, 0.25) is 0 Å². The van der Waals surface area contributed by atoms with Gasteiger partial charge in [0.05, 0.1) is 0 Å². The minimum absolute atomic E-state index is 0.00526. The van der Waals surface area contributed by atoms with Crippen molar-refractivity contribution in [3.63, 3.8) is 0 Å². The molecule has 0 N–H and O–H groups in total. The molecule has 0 unspecified atom stereocenters. The first kappa shape index (κ1) is 19.3. The summed E-state index contributed by atoms with van der Waals surface area (Å²) in [6, 6.07) is 5.82. The van der Waals surface area contributed by atoms with Crippen molar-refractivity contribution < 1.29 is 13.2 Å². The van der Waals surface area contributed by atoms with E-state index in [1.807, 2.05) is 32.0 Å². The molecular formula is C19H29N3O3S. The minimum Gasteiger partial charge on any atom is -0.336 e. The number of hydrogen-bond acceptors (Lipinski definition) is 3. The summed E-state index contributed by atoms with van der Waals surface area (Å²) in [5.41, 5.74) is 2.81. The van der Waals surface area contributed by atoms with Crippen LogP contribution in [0.1, 0.15) is 47.2 Å². The van der Waals surface area contributed by atoms with Crippen LogP contribution < -0.4 is 0 Å². The average molecular weight is 380 g/mol. The van der Waals surface area contributed by atoms with Crippen LogP contribution in [0, 0.1) is 13.8 Å². The van der Waals surface area contributed by atoms with Gasteiger partial charge in [0.15, 0.2) is 0 Å². The van der Waals surface area contributed by atoms with Gasteiger partial charge in [-0.15, -0.1) is 0 Å². The Hall–Kier alpha value is -1.44. The van der Waals surface area contributed by atoms with Crippen molar-refractivity contribution >= 4 is 16.1 Å². The van der Waals surface area contributed by atoms with Crippen LogP contribution in [-0.4, -0.2) is 67.1 Å². The number of benzene rings is 1. The fourth-order valence-corrected chi connectivity index (χ4v) is 5.45. The first-order chi connectivity index (χ1) is 12.4. The Morgan fingerprint density at radius 3 is 2.00 bits per heavy atom. The molecule has 1 amide bonds. The van der Waals surface area contributed by atoms with Gasteiger partial charge in [-0.25, -0.2) is 0 Å². The molecule has 144 valence electrons. The van der Waals surface area contributed by atoms with E-state index in [4.69, 9.17) is 0 Å². The number of amides is 1. The molecule has 0 saturated carbocycles. The summed E-state index contributed by atoms with van der Waals surface area (Å²) in [4.78, 5) is 14.6. The molecule has 6 nitrogen and oxygen atoms in total. The molecule has 0 bridgehead atoms. The fourth-order valence-electron chi connectivity index (χ4n) is 3.78. The highest BCUT2D eigenvalue weighted by molar-refractivity contribution is 7.86. The highest BCUT2D eigenvalue weighted by atomic mass is 32.2. The number of piperazine rings is 1. The maximum absolute atomic E-state index is 12.9. The fraction of sp³-hybridized carbons (Fsp3) is 0.632. The molecule has 26 heavy (non-hydrogen) atoms. The predicted molar refractivity (Wildman–Crippen MR) is 102 cm³/mol. The van der Waals surface area contributed by atoms with Crippen LogP contribution in [0.5, 0.6) is 0 Å². The topological polar surface area (TPSA) is 60.9 Å². The molecule has 0 aliphatic carbocycles. The summed E-state index contributed by atoms with van der Waals surface area (Å²) >= 11 is 0. The zero-order valence-corrected chi connectivity index (χ0v) is 16.6. The van der Waals surface area contributed by atoms with Gasteiger partial charge in [-0.1, -0.05) is 30.5 Å². The lowest BCUT2D eigenvalue weighted by Crippen LogP contribution is -2.54. The molecule has 2 aliphatic heterocycles. The van der Waals surface area contributed by atoms with Crippen LogP contribution in [0.4, 0.5) is 0 Å². The summed E-state index contributed by atoms with van der Waals surface area (Å²) in [6.45, 7) is 6.81. The molecule has 2 fully saturated rings. The van der Waals surface area contributed by atoms with Gasteiger partial charge in [-0.2, -0.15) is 17.0 Å². The molecule has 0 spiro atoms. The number of carbonyl (C=O) groups is 1. The van der Waals surface area contributed by atoms with Crippen LogP contribution in [-0.2, 0) is 10.2 Å². The Balaban J connectivity index is 1.64. The number of hydrogen-bond donors (Lipinski definition) is 0. The van der Waals surface area contributed by atoms with Crippen molar-refractivity contribution in [1.29, 1.82) is 0 Å². The number of rotatable bonds is 3. The van der Waals surface area contributed by atoms with Crippen molar-refractivity contribution in [3.8, 4) is 0 Å². The first-order valence-corrected chi connectivity index (χ1v) is 10.9. The largest absolute Gasteiger partial charge is 0.336 e. The molecule has 0 atom stereocenters. The predicted octanol–water partition coefficient (Wildman–Crippen LogP) is 2.18. The van der Waals surface area contributed by atoms with Gasteiger partial charge in [0.1, 0.15) is 0 Å². The van der Waals surface area contributed by atoms with Crippen LogP contribution in [0.25, 0.3) is 0 Å². The summed E-state index contributed by atoms with van der Waals surface area (Å²) in [7, 11) is -3.41. The Morgan fingerprint density at radius 1 is 0.846 bits per heavy atom. The lowest BCUT2D eigenvalue weighted by Gasteiger charge is -2.36. The van der Waals surface area contributed by atoms with E-state index in [0.29, 0.717) is 44.8 Å². The summed E-state index contributed by atoms with van der Waals surface area (Å²) in [5.74, 6) is -0.00526. The Bertz CT molecular complexity index is 747. The minimum atomic E-state index is -3.41. The standard InChI is InChI=1S/C19H29N3O3S/c1-16-7-8-18(17(2)15-16)19(23)20-11-13-22(14-12-20)26(24,25)21-9-5-3-4-6-10-21/h7-8,15H,3-6,9-14H2,1-2H3. The lowest BCUT2D eigenvalue weighted by atomic mass is 10.0.